The van der Waals surface area contributed by atoms with Crippen LogP contribution < -0.4 is 19.4 Å². The molecule has 26 heavy (non-hydrogen) atoms. The van der Waals surface area contributed by atoms with E-state index >= 15 is 0 Å². The zero-order valence-corrected chi connectivity index (χ0v) is 14.8. The third kappa shape index (κ3) is 4.19. The Morgan fingerprint density at radius 3 is 2.46 bits per heavy atom. The van der Waals surface area contributed by atoms with Crippen molar-refractivity contribution in [1.82, 2.24) is 0 Å². The summed E-state index contributed by atoms with van der Waals surface area (Å²) < 4.78 is 12.3. The van der Waals surface area contributed by atoms with Crippen molar-refractivity contribution in [3.63, 3.8) is 0 Å². The number of carbonyl (C=O) groups is 1. The van der Waals surface area contributed by atoms with Gasteiger partial charge in [-0.3, -0.25) is 4.79 Å². The Labute approximate surface area is 152 Å². The van der Waals surface area contributed by atoms with Gasteiger partial charge in [-0.15, -0.1) is 0 Å². The second-order valence-electron chi connectivity index (χ2n) is 5.75. The molecule has 0 atom stereocenters. The largest absolute Gasteiger partial charge is 0.497 e. The summed E-state index contributed by atoms with van der Waals surface area (Å²) in [6.07, 6.45) is 3.83. The highest BCUT2D eigenvalue weighted by Gasteiger charge is 2.14. The van der Waals surface area contributed by atoms with Crippen LogP contribution in [0.3, 0.4) is 0 Å². The Balaban J connectivity index is 1.73. The van der Waals surface area contributed by atoms with E-state index in [2.05, 4.69) is 5.32 Å². The average Bonchev–Trinajstić information content (AvgIpc) is 2.69. The molecule has 5 nitrogen and oxygen atoms in total. The van der Waals surface area contributed by atoms with E-state index in [1.165, 1.54) is 0 Å². The number of methoxy groups -OCH3 is 2. The molecule has 1 amide bonds. The van der Waals surface area contributed by atoms with E-state index in [-0.39, 0.29) is 12.5 Å². The van der Waals surface area contributed by atoms with E-state index in [1.807, 2.05) is 59.4 Å². The topological polar surface area (TPSA) is 51.4 Å². The molecule has 0 spiro atoms. The molecule has 0 aliphatic carbocycles. The summed E-state index contributed by atoms with van der Waals surface area (Å²) in [6, 6.07) is 19.3. The predicted octanol–water partition coefficient (Wildman–Crippen LogP) is 3.30. The minimum absolute atomic E-state index is 0.135. The molecule has 0 bridgehead atoms. The lowest BCUT2D eigenvalue weighted by atomic mass is 10.1. The smallest absolute Gasteiger partial charge is 0.290 e. The molecule has 0 aliphatic heterocycles. The highest BCUT2D eigenvalue weighted by atomic mass is 16.5. The first kappa shape index (κ1) is 17.5. The number of hydrogen-bond acceptors (Lipinski definition) is 3. The predicted molar refractivity (Wildman–Crippen MR) is 100 cm³/mol. The van der Waals surface area contributed by atoms with Gasteiger partial charge in [-0.25, -0.2) is 0 Å². The van der Waals surface area contributed by atoms with E-state index in [9.17, 15) is 4.79 Å². The minimum atomic E-state index is -0.135. The lowest BCUT2D eigenvalue weighted by Crippen LogP contribution is -2.39. The van der Waals surface area contributed by atoms with Crippen LogP contribution in [0.4, 0.5) is 5.69 Å². The molecular weight excluding hydrogens is 328 g/mol. The van der Waals surface area contributed by atoms with Gasteiger partial charge in [0, 0.05) is 17.7 Å². The second kappa shape index (κ2) is 8.16. The molecule has 0 saturated carbocycles. The van der Waals surface area contributed by atoms with Gasteiger partial charge in [0.2, 0.25) is 6.54 Å². The van der Waals surface area contributed by atoms with Crippen LogP contribution in [0.15, 0.2) is 73.1 Å². The summed E-state index contributed by atoms with van der Waals surface area (Å²) in [5, 5.41) is 2.88. The van der Waals surface area contributed by atoms with Crippen molar-refractivity contribution in [3.8, 4) is 22.6 Å². The summed E-state index contributed by atoms with van der Waals surface area (Å²) in [7, 11) is 3.14. The number of amides is 1. The van der Waals surface area contributed by atoms with Crippen molar-refractivity contribution >= 4 is 11.6 Å². The van der Waals surface area contributed by atoms with E-state index in [1.54, 1.807) is 32.4 Å². The van der Waals surface area contributed by atoms with Gasteiger partial charge in [0.05, 0.1) is 19.9 Å². The summed E-state index contributed by atoms with van der Waals surface area (Å²) in [5.74, 6) is 1.09. The zero-order valence-electron chi connectivity index (χ0n) is 14.8. The fraction of sp³-hybridized carbons (Fsp3) is 0.143. The molecule has 5 heteroatoms. The van der Waals surface area contributed by atoms with Gasteiger partial charge >= 0.3 is 0 Å². The fourth-order valence-electron chi connectivity index (χ4n) is 2.68. The number of aromatic nitrogens is 1. The first-order valence-corrected chi connectivity index (χ1v) is 8.26. The van der Waals surface area contributed by atoms with Crippen molar-refractivity contribution < 1.29 is 18.8 Å². The maximum Gasteiger partial charge on any atom is 0.290 e. The Morgan fingerprint density at radius 2 is 1.73 bits per heavy atom. The van der Waals surface area contributed by atoms with Crippen LogP contribution in [0.1, 0.15) is 0 Å². The summed E-state index contributed by atoms with van der Waals surface area (Å²) >= 11 is 0. The Kier molecular flexibility index (Phi) is 5.49. The molecule has 0 radical (unpaired) electrons. The van der Waals surface area contributed by atoms with Gasteiger partial charge < -0.3 is 14.8 Å². The van der Waals surface area contributed by atoms with Crippen LogP contribution in [0.25, 0.3) is 11.1 Å². The Bertz CT molecular complexity index is 895. The SMILES string of the molecule is COc1ccc(NC(=O)C[n+]2cccc(-c3ccccc3)c2)c(OC)c1. The van der Waals surface area contributed by atoms with E-state index < -0.39 is 0 Å². The number of pyridine rings is 1. The number of nitrogens with zero attached hydrogens (tertiary/aromatic N) is 1. The van der Waals surface area contributed by atoms with E-state index in [0.717, 1.165) is 11.1 Å². The Hall–Kier alpha value is -3.34. The number of anilines is 1. The average molecular weight is 349 g/mol. The summed E-state index contributed by atoms with van der Waals surface area (Å²) in [4.78, 5) is 12.4. The maximum absolute atomic E-state index is 12.4. The molecule has 0 unspecified atom stereocenters. The lowest BCUT2D eigenvalue weighted by Gasteiger charge is -2.10. The van der Waals surface area contributed by atoms with Crippen molar-refractivity contribution in [2.75, 3.05) is 19.5 Å². The van der Waals surface area contributed by atoms with Crippen molar-refractivity contribution in [3.05, 3.63) is 73.1 Å². The quantitative estimate of drug-likeness (QED) is 0.695. The molecular formula is C21H21N2O3+. The highest BCUT2D eigenvalue weighted by molar-refractivity contribution is 5.91. The summed E-state index contributed by atoms with van der Waals surface area (Å²) in [5.41, 5.74) is 2.78. The standard InChI is InChI=1S/C21H20N2O3/c1-25-18-10-11-19(20(13-18)26-2)22-21(24)15-23-12-6-9-17(14-23)16-7-4-3-5-8-16/h3-14H,15H2,1-2H3/p+1. The van der Waals surface area contributed by atoms with Crippen LogP contribution in [0.5, 0.6) is 11.5 Å². The first-order chi connectivity index (χ1) is 12.7. The number of hydrogen-bond donors (Lipinski definition) is 1. The zero-order chi connectivity index (χ0) is 18.4. The molecule has 3 aromatic rings. The van der Waals surface area contributed by atoms with Crippen LogP contribution >= 0.6 is 0 Å². The first-order valence-electron chi connectivity index (χ1n) is 8.26. The third-order valence-corrected chi connectivity index (χ3v) is 3.97. The van der Waals surface area contributed by atoms with Crippen LogP contribution in [0.2, 0.25) is 0 Å². The monoisotopic (exact) mass is 349 g/mol. The van der Waals surface area contributed by atoms with Gasteiger partial charge in [-0.2, -0.15) is 4.57 Å². The number of benzene rings is 2. The highest BCUT2D eigenvalue weighted by Crippen LogP contribution is 2.28. The second-order valence-corrected chi connectivity index (χ2v) is 5.75. The lowest BCUT2D eigenvalue weighted by molar-refractivity contribution is -0.683. The fourth-order valence-corrected chi connectivity index (χ4v) is 2.68. The molecule has 0 saturated heterocycles. The third-order valence-electron chi connectivity index (χ3n) is 3.97. The van der Waals surface area contributed by atoms with Gasteiger partial charge in [-0.1, -0.05) is 30.3 Å². The molecule has 1 aromatic heterocycles. The normalized spacial score (nSPS) is 10.2. The number of nitrogens with one attached hydrogen (secondary N) is 1. The van der Waals surface area contributed by atoms with Crippen molar-refractivity contribution in [1.29, 1.82) is 0 Å². The molecule has 1 N–H and O–H groups in total. The molecule has 3 rings (SSSR count). The van der Waals surface area contributed by atoms with Crippen LogP contribution in [-0.2, 0) is 11.3 Å². The molecule has 0 fully saturated rings. The molecule has 2 aromatic carbocycles. The van der Waals surface area contributed by atoms with E-state index in [0.29, 0.717) is 17.2 Å². The van der Waals surface area contributed by atoms with E-state index in [4.69, 9.17) is 9.47 Å². The maximum atomic E-state index is 12.4. The van der Waals surface area contributed by atoms with Gasteiger partial charge in [0.25, 0.3) is 5.91 Å². The van der Waals surface area contributed by atoms with Crippen LogP contribution in [-0.4, -0.2) is 20.1 Å². The molecule has 132 valence electrons. The van der Waals surface area contributed by atoms with Crippen molar-refractivity contribution in [2.24, 2.45) is 0 Å². The number of ether oxygens (including phenoxy) is 2. The summed E-state index contributed by atoms with van der Waals surface area (Å²) in [6.45, 7) is 0.204. The van der Waals surface area contributed by atoms with Crippen molar-refractivity contribution in [2.45, 2.75) is 6.54 Å². The van der Waals surface area contributed by atoms with Crippen LogP contribution in [0, 0.1) is 0 Å². The minimum Gasteiger partial charge on any atom is -0.497 e. The number of rotatable bonds is 6. The number of carbonyl (C=O) groups excluding carboxylic acids is 1. The van der Waals surface area contributed by atoms with Gasteiger partial charge in [0.15, 0.2) is 12.4 Å². The molecule has 0 aliphatic rings. The Morgan fingerprint density at radius 1 is 0.962 bits per heavy atom. The van der Waals surface area contributed by atoms with Gasteiger partial charge in [-0.05, 0) is 23.8 Å². The van der Waals surface area contributed by atoms with Gasteiger partial charge in [0.1, 0.15) is 11.5 Å². The molecule has 1 heterocycles.